The highest BCUT2D eigenvalue weighted by molar-refractivity contribution is 7.71. The fourth-order valence-electron chi connectivity index (χ4n) is 1.34. The van der Waals surface area contributed by atoms with Crippen molar-refractivity contribution in [2.75, 3.05) is 0 Å². The van der Waals surface area contributed by atoms with E-state index in [0.717, 1.165) is 0 Å². The molecule has 5 heteroatoms. The number of aromatic nitrogens is 2. The Labute approximate surface area is 90.8 Å². The van der Waals surface area contributed by atoms with Gasteiger partial charge in [-0.1, -0.05) is 18.2 Å². The van der Waals surface area contributed by atoms with Crippen molar-refractivity contribution in [2.24, 2.45) is 0 Å². The highest BCUT2D eigenvalue weighted by Gasteiger charge is 2.10. The van der Waals surface area contributed by atoms with Crippen molar-refractivity contribution < 1.29 is 9.90 Å². The largest absolute Gasteiger partial charge is 0.493 e. The maximum absolute atomic E-state index is 10.6. The maximum atomic E-state index is 10.6. The molecule has 0 radical (unpaired) electrons. The number of para-hydroxylation sites is 1. The van der Waals surface area contributed by atoms with Gasteiger partial charge in [0.05, 0.1) is 5.69 Å². The molecule has 2 N–H and O–H groups in total. The van der Waals surface area contributed by atoms with E-state index in [4.69, 9.17) is 12.2 Å². The van der Waals surface area contributed by atoms with E-state index >= 15 is 0 Å². The van der Waals surface area contributed by atoms with E-state index in [0.29, 0.717) is 16.7 Å². The molecule has 0 aliphatic rings. The van der Waals surface area contributed by atoms with Gasteiger partial charge in [-0.25, -0.2) is 0 Å². The normalized spacial score (nSPS) is 10.1. The first kappa shape index (κ1) is 9.67. The Hall–Kier alpha value is -1.88. The topological polar surface area (TPSA) is 58.0 Å². The van der Waals surface area contributed by atoms with Gasteiger partial charge in [-0.2, -0.15) is 0 Å². The fourth-order valence-corrected chi connectivity index (χ4v) is 1.64. The number of aromatic amines is 1. The first-order valence-electron chi connectivity index (χ1n) is 4.28. The van der Waals surface area contributed by atoms with Gasteiger partial charge < -0.3 is 10.1 Å². The number of nitrogens with one attached hydrogen (secondary N) is 1. The van der Waals surface area contributed by atoms with Gasteiger partial charge in [-0.05, 0) is 24.4 Å². The molecule has 0 fully saturated rings. The van der Waals surface area contributed by atoms with E-state index in [9.17, 15) is 9.90 Å². The number of hydrogen-bond donors (Lipinski definition) is 2. The van der Waals surface area contributed by atoms with Gasteiger partial charge in [0.1, 0.15) is 5.69 Å². The average molecular weight is 220 g/mol. The average Bonchev–Trinajstić information content (AvgIpc) is 2.55. The van der Waals surface area contributed by atoms with Gasteiger partial charge in [-0.15, -0.1) is 0 Å². The summed E-state index contributed by atoms with van der Waals surface area (Å²) in [7, 11) is 0. The van der Waals surface area contributed by atoms with E-state index in [1.165, 1.54) is 4.57 Å². The lowest BCUT2D eigenvalue weighted by Crippen LogP contribution is -1.92. The van der Waals surface area contributed by atoms with Crippen molar-refractivity contribution in [1.82, 2.24) is 9.55 Å². The lowest BCUT2D eigenvalue weighted by Gasteiger charge is -2.02. The van der Waals surface area contributed by atoms with Crippen LogP contribution >= 0.6 is 12.2 Å². The van der Waals surface area contributed by atoms with Crippen molar-refractivity contribution in [2.45, 2.75) is 0 Å². The zero-order valence-electron chi connectivity index (χ0n) is 7.68. The van der Waals surface area contributed by atoms with Crippen LogP contribution in [0.15, 0.2) is 30.3 Å². The van der Waals surface area contributed by atoms with Crippen molar-refractivity contribution in [3.05, 3.63) is 40.8 Å². The molecule has 2 aromatic rings. The first-order valence-corrected chi connectivity index (χ1v) is 4.69. The van der Waals surface area contributed by atoms with Gasteiger partial charge in [0, 0.05) is 0 Å². The molecule has 0 atom stereocenters. The molecule has 1 aromatic carbocycles. The third-order valence-electron chi connectivity index (χ3n) is 2.03. The van der Waals surface area contributed by atoms with Crippen LogP contribution in [0.5, 0.6) is 5.88 Å². The molecule has 0 unspecified atom stereocenters. The zero-order valence-corrected chi connectivity index (χ0v) is 8.49. The number of nitrogens with zero attached hydrogens (tertiary/aromatic N) is 1. The minimum absolute atomic E-state index is 0.0869. The minimum atomic E-state index is -0.166. The Morgan fingerprint density at radius 2 is 2.00 bits per heavy atom. The molecular formula is C10H8N2O2S. The van der Waals surface area contributed by atoms with Crippen molar-refractivity contribution in [3.8, 4) is 11.6 Å². The Morgan fingerprint density at radius 3 is 2.53 bits per heavy atom. The molecule has 15 heavy (non-hydrogen) atoms. The summed E-state index contributed by atoms with van der Waals surface area (Å²) in [6.45, 7) is 0. The number of aldehydes is 1. The van der Waals surface area contributed by atoms with Crippen LogP contribution in [-0.4, -0.2) is 20.9 Å². The summed E-state index contributed by atoms with van der Waals surface area (Å²) in [5, 5.41) is 9.70. The molecule has 0 saturated heterocycles. The van der Waals surface area contributed by atoms with Crippen LogP contribution in [0.25, 0.3) is 5.69 Å². The van der Waals surface area contributed by atoms with Gasteiger partial charge in [0.25, 0.3) is 0 Å². The van der Waals surface area contributed by atoms with E-state index in [1.54, 1.807) is 12.1 Å². The van der Waals surface area contributed by atoms with Crippen LogP contribution < -0.4 is 0 Å². The molecule has 0 aliphatic carbocycles. The summed E-state index contributed by atoms with van der Waals surface area (Å²) in [5.74, 6) is -0.166. The molecule has 2 rings (SSSR count). The number of carbonyl (C=O) groups excluding carboxylic acids is 1. The van der Waals surface area contributed by atoms with Crippen LogP contribution in [0.2, 0.25) is 0 Å². The van der Waals surface area contributed by atoms with Crippen LogP contribution in [0.4, 0.5) is 0 Å². The minimum Gasteiger partial charge on any atom is -0.493 e. The lowest BCUT2D eigenvalue weighted by molar-refractivity contribution is 0.111. The highest BCUT2D eigenvalue weighted by atomic mass is 32.1. The predicted octanol–water partition coefficient (Wildman–Crippen LogP) is 2.05. The third-order valence-corrected chi connectivity index (χ3v) is 2.31. The SMILES string of the molecule is O=Cc1[nH]c(=S)n(-c2ccccc2)c1O. The number of rotatable bonds is 2. The Kier molecular flexibility index (Phi) is 2.39. The monoisotopic (exact) mass is 220 g/mol. The molecule has 4 nitrogen and oxygen atoms in total. The van der Waals surface area contributed by atoms with Gasteiger partial charge in [-0.3, -0.25) is 9.36 Å². The lowest BCUT2D eigenvalue weighted by atomic mass is 10.3. The fraction of sp³-hybridized carbons (Fsp3) is 0. The molecule has 0 amide bonds. The number of imidazole rings is 1. The van der Waals surface area contributed by atoms with E-state index in [1.807, 2.05) is 18.2 Å². The molecule has 1 heterocycles. The zero-order chi connectivity index (χ0) is 10.8. The summed E-state index contributed by atoms with van der Waals surface area (Å²) < 4.78 is 1.69. The van der Waals surface area contributed by atoms with Gasteiger partial charge in [0.2, 0.25) is 5.88 Å². The molecule has 0 aliphatic heterocycles. The number of benzene rings is 1. The van der Waals surface area contributed by atoms with Crippen molar-refractivity contribution >= 4 is 18.5 Å². The van der Waals surface area contributed by atoms with Crippen LogP contribution in [0, 0.1) is 4.77 Å². The van der Waals surface area contributed by atoms with E-state index < -0.39 is 0 Å². The predicted molar refractivity (Wildman–Crippen MR) is 58.0 cm³/mol. The number of carbonyl (C=O) groups is 1. The summed E-state index contributed by atoms with van der Waals surface area (Å²) in [6.07, 6.45) is 0.532. The van der Waals surface area contributed by atoms with Gasteiger partial charge >= 0.3 is 0 Å². The molecule has 0 bridgehead atoms. The number of H-pyrrole nitrogens is 1. The maximum Gasteiger partial charge on any atom is 0.225 e. The molecule has 1 aromatic heterocycles. The quantitative estimate of drug-likeness (QED) is 0.601. The first-order chi connectivity index (χ1) is 7.24. The Morgan fingerprint density at radius 1 is 1.33 bits per heavy atom. The summed E-state index contributed by atoms with van der Waals surface area (Å²) in [6, 6.07) is 9.08. The summed E-state index contributed by atoms with van der Waals surface area (Å²) in [5.41, 5.74) is 0.799. The second kappa shape index (κ2) is 3.70. The second-order valence-electron chi connectivity index (χ2n) is 2.96. The van der Waals surface area contributed by atoms with Crippen LogP contribution in [0.3, 0.4) is 0 Å². The molecular weight excluding hydrogens is 212 g/mol. The summed E-state index contributed by atoms with van der Waals surface area (Å²) >= 11 is 5.00. The van der Waals surface area contributed by atoms with Crippen molar-refractivity contribution in [1.29, 1.82) is 0 Å². The molecule has 76 valence electrons. The van der Waals surface area contributed by atoms with E-state index in [2.05, 4.69) is 4.98 Å². The number of hydrogen-bond acceptors (Lipinski definition) is 3. The Bertz CT molecular complexity index is 542. The summed E-state index contributed by atoms with van der Waals surface area (Å²) in [4.78, 5) is 13.2. The third kappa shape index (κ3) is 1.57. The van der Waals surface area contributed by atoms with Gasteiger partial charge in [0.15, 0.2) is 11.1 Å². The van der Waals surface area contributed by atoms with E-state index in [-0.39, 0.29) is 11.6 Å². The highest BCUT2D eigenvalue weighted by Crippen LogP contribution is 2.20. The molecule has 0 spiro atoms. The van der Waals surface area contributed by atoms with Crippen molar-refractivity contribution in [3.63, 3.8) is 0 Å². The van der Waals surface area contributed by atoms with Crippen LogP contribution in [0.1, 0.15) is 10.5 Å². The standard InChI is InChI=1S/C10H8N2O2S/c13-6-8-9(14)12(10(15)11-8)7-4-2-1-3-5-7/h1-6,14H,(H,11,15). The number of aromatic hydroxyl groups is 1. The molecule has 0 saturated carbocycles. The second-order valence-corrected chi connectivity index (χ2v) is 3.34. The smallest absolute Gasteiger partial charge is 0.225 e. The van der Waals surface area contributed by atoms with Crippen LogP contribution in [-0.2, 0) is 0 Å². The Balaban J connectivity index is 2.69.